The number of thiophene rings is 1. The molecule has 10 heteroatoms. The Morgan fingerprint density at radius 1 is 1.55 bits per heavy atom. The number of sulfonamides is 1. The van der Waals surface area contributed by atoms with Crippen LogP contribution in [-0.2, 0) is 14.8 Å². The van der Waals surface area contributed by atoms with Gasteiger partial charge >= 0.3 is 5.97 Å². The molecule has 20 heavy (non-hydrogen) atoms. The fourth-order valence-corrected chi connectivity index (χ4v) is 4.69. The van der Waals surface area contributed by atoms with Gasteiger partial charge in [0.15, 0.2) is 8.68 Å². The highest BCUT2D eigenvalue weighted by atomic mass is 35.5. The van der Waals surface area contributed by atoms with Crippen LogP contribution in [0.2, 0.25) is 4.47 Å². The Bertz CT molecular complexity index is 722. The van der Waals surface area contributed by atoms with Crippen molar-refractivity contribution in [3.8, 4) is 0 Å². The summed E-state index contributed by atoms with van der Waals surface area (Å²) in [5.74, 6) is -0.575. The molecule has 0 unspecified atom stereocenters. The summed E-state index contributed by atoms with van der Waals surface area (Å²) in [6.45, 7) is 1.89. The molecule has 0 bridgehead atoms. The summed E-state index contributed by atoms with van der Waals surface area (Å²) in [5, 5.41) is 1.80. The van der Waals surface area contributed by atoms with Crippen molar-refractivity contribution in [3.05, 3.63) is 27.7 Å². The summed E-state index contributed by atoms with van der Waals surface area (Å²) in [5.41, 5.74) is 0.177. The van der Waals surface area contributed by atoms with Gasteiger partial charge in [0, 0.05) is 0 Å². The second-order valence-electron chi connectivity index (χ2n) is 3.42. The molecule has 0 radical (unpaired) electrons. The van der Waals surface area contributed by atoms with E-state index in [0.717, 1.165) is 28.9 Å². The number of carbonyl (C=O) groups excluding carboxylic acids is 1. The highest BCUT2D eigenvalue weighted by Gasteiger charge is 2.22. The van der Waals surface area contributed by atoms with Crippen molar-refractivity contribution in [2.45, 2.75) is 11.1 Å². The highest BCUT2D eigenvalue weighted by molar-refractivity contribution is 7.94. The number of esters is 1. The Morgan fingerprint density at radius 2 is 2.30 bits per heavy atom. The van der Waals surface area contributed by atoms with E-state index in [1.165, 1.54) is 6.07 Å². The van der Waals surface area contributed by atoms with Gasteiger partial charge in [-0.2, -0.15) is 0 Å². The Balaban J connectivity index is 2.27. The summed E-state index contributed by atoms with van der Waals surface area (Å²) in [6.07, 6.45) is 1.16. The topological polar surface area (TPSA) is 85.4 Å². The smallest absolute Gasteiger partial charge is 0.341 e. The van der Waals surface area contributed by atoms with E-state index in [2.05, 4.69) is 9.71 Å². The first-order valence-corrected chi connectivity index (χ1v) is 8.88. The lowest BCUT2D eigenvalue weighted by Gasteiger charge is -2.06. The van der Waals surface area contributed by atoms with Gasteiger partial charge in [0.05, 0.1) is 18.4 Å². The number of carbonyl (C=O) groups is 1. The molecule has 0 aromatic carbocycles. The number of aromatic nitrogens is 1. The molecule has 2 rings (SSSR count). The summed E-state index contributed by atoms with van der Waals surface area (Å²) >= 11 is 7.54. The number of rotatable bonds is 5. The normalized spacial score (nSPS) is 11.3. The summed E-state index contributed by atoms with van der Waals surface area (Å²) in [7, 11) is -3.81. The van der Waals surface area contributed by atoms with Crippen LogP contribution >= 0.6 is 34.3 Å². The van der Waals surface area contributed by atoms with E-state index < -0.39 is 16.0 Å². The summed E-state index contributed by atoms with van der Waals surface area (Å²) < 4.78 is 31.5. The van der Waals surface area contributed by atoms with Crippen molar-refractivity contribution in [1.29, 1.82) is 0 Å². The zero-order valence-electron chi connectivity index (χ0n) is 10.1. The van der Waals surface area contributed by atoms with Crippen LogP contribution in [0.3, 0.4) is 0 Å². The molecular formula is C10H9ClN2O4S3. The third kappa shape index (κ3) is 3.29. The molecule has 0 saturated heterocycles. The van der Waals surface area contributed by atoms with E-state index in [-0.39, 0.29) is 25.8 Å². The van der Waals surface area contributed by atoms with Crippen LogP contribution in [0.1, 0.15) is 17.3 Å². The molecule has 0 amide bonds. The number of thiazole rings is 1. The molecule has 1 N–H and O–H groups in total. The predicted octanol–water partition coefficient (Wildman–Crippen LogP) is 2.84. The van der Waals surface area contributed by atoms with Gasteiger partial charge in [-0.05, 0) is 18.4 Å². The Kier molecular flexibility index (Phi) is 4.63. The molecule has 0 aliphatic rings. The van der Waals surface area contributed by atoms with Gasteiger partial charge < -0.3 is 4.74 Å². The average Bonchev–Trinajstić information content (AvgIpc) is 2.98. The maximum Gasteiger partial charge on any atom is 0.341 e. The van der Waals surface area contributed by atoms with Gasteiger partial charge in [0.1, 0.15) is 5.00 Å². The molecule has 0 fully saturated rings. The molecule has 2 heterocycles. The van der Waals surface area contributed by atoms with Gasteiger partial charge in [0.2, 0.25) is 0 Å². The largest absolute Gasteiger partial charge is 0.462 e. The van der Waals surface area contributed by atoms with Crippen molar-refractivity contribution in [1.82, 2.24) is 4.98 Å². The molecule has 0 atom stereocenters. The van der Waals surface area contributed by atoms with Crippen LogP contribution < -0.4 is 4.72 Å². The van der Waals surface area contributed by atoms with Crippen LogP contribution in [-0.4, -0.2) is 26.0 Å². The zero-order chi connectivity index (χ0) is 14.8. The van der Waals surface area contributed by atoms with E-state index in [4.69, 9.17) is 16.3 Å². The van der Waals surface area contributed by atoms with Crippen LogP contribution in [0.15, 0.2) is 21.9 Å². The van der Waals surface area contributed by atoms with Gasteiger partial charge in [-0.3, -0.25) is 4.72 Å². The van der Waals surface area contributed by atoms with E-state index in [9.17, 15) is 13.2 Å². The maximum atomic E-state index is 12.1. The van der Waals surface area contributed by atoms with Crippen LogP contribution in [0, 0.1) is 0 Å². The number of nitrogens with one attached hydrogen (secondary N) is 1. The molecule has 0 spiro atoms. The zero-order valence-corrected chi connectivity index (χ0v) is 13.3. The van der Waals surface area contributed by atoms with Gasteiger partial charge in [-0.1, -0.05) is 22.9 Å². The van der Waals surface area contributed by atoms with Crippen molar-refractivity contribution in [3.63, 3.8) is 0 Å². The number of ether oxygens (including phenoxy) is 1. The summed E-state index contributed by atoms with van der Waals surface area (Å²) in [6, 6.07) is 1.50. The first kappa shape index (κ1) is 15.2. The van der Waals surface area contributed by atoms with E-state index in [0.29, 0.717) is 0 Å². The first-order valence-electron chi connectivity index (χ1n) is 5.33. The molecule has 0 aliphatic heterocycles. The first-order chi connectivity index (χ1) is 9.44. The SMILES string of the molecule is CCOC(=O)c1ccsc1NS(=O)(=O)c1cnc(Cl)s1. The quantitative estimate of drug-likeness (QED) is 0.836. The fraction of sp³-hybridized carbons (Fsp3) is 0.200. The third-order valence-corrected chi connectivity index (χ3v) is 5.99. The van der Waals surface area contributed by atoms with Crippen molar-refractivity contribution >= 4 is 55.3 Å². The van der Waals surface area contributed by atoms with E-state index >= 15 is 0 Å². The Labute approximate surface area is 128 Å². The minimum absolute atomic E-state index is 0.0225. The van der Waals surface area contributed by atoms with Crippen molar-refractivity contribution in [2.24, 2.45) is 0 Å². The molecule has 6 nitrogen and oxygen atoms in total. The predicted molar refractivity (Wildman–Crippen MR) is 78.2 cm³/mol. The fourth-order valence-electron chi connectivity index (χ4n) is 1.29. The standard InChI is InChI=1S/C10H9ClN2O4S3/c1-2-17-9(14)6-3-4-18-8(6)13-20(15,16)7-5-12-10(11)19-7/h3-5,13H,2H2,1H3. The summed E-state index contributed by atoms with van der Waals surface area (Å²) in [4.78, 5) is 15.3. The van der Waals surface area contributed by atoms with E-state index in [1.54, 1.807) is 12.3 Å². The second kappa shape index (κ2) is 6.08. The second-order valence-corrected chi connectivity index (χ2v) is 7.86. The van der Waals surface area contributed by atoms with Crippen molar-refractivity contribution < 1.29 is 17.9 Å². The number of hydrogen-bond acceptors (Lipinski definition) is 7. The minimum atomic E-state index is -3.81. The lowest BCUT2D eigenvalue weighted by molar-refractivity contribution is 0.0528. The number of hydrogen-bond donors (Lipinski definition) is 1. The monoisotopic (exact) mass is 352 g/mol. The number of nitrogens with zero attached hydrogens (tertiary/aromatic N) is 1. The Morgan fingerprint density at radius 3 is 2.90 bits per heavy atom. The lowest BCUT2D eigenvalue weighted by Crippen LogP contribution is -2.14. The van der Waals surface area contributed by atoms with Gasteiger partial charge in [-0.15, -0.1) is 11.3 Å². The van der Waals surface area contributed by atoms with Gasteiger partial charge in [0.25, 0.3) is 10.0 Å². The number of halogens is 1. The van der Waals surface area contributed by atoms with Crippen LogP contribution in [0.25, 0.3) is 0 Å². The molecular weight excluding hydrogens is 344 g/mol. The van der Waals surface area contributed by atoms with E-state index in [1.807, 2.05) is 0 Å². The third-order valence-electron chi connectivity index (χ3n) is 2.11. The molecule has 2 aromatic heterocycles. The van der Waals surface area contributed by atoms with Crippen molar-refractivity contribution in [2.75, 3.05) is 11.3 Å². The Hall–Kier alpha value is -1.16. The molecule has 0 aliphatic carbocycles. The molecule has 0 saturated carbocycles. The minimum Gasteiger partial charge on any atom is -0.462 e. The van der Waals surface area contributed by atoms with Crippen LogP contribution in [0.5, 0.6) is 0 Å². The van der Waals surface area contributed by atoms with Crippen LogP contribution in [0.4, 0.5) is 5.00 Å². The molecule has 108 valence electrons. The highest BCUT2D eigenvalue weighted by Crippen LogP contribution is 2.29. The lowest BCUT2D eigenvalue weighted by atomic mass is 10.3. The maximum absolute atomic E-state index is 12.1. The number of anilines is 1. The average molecular weight is 353 g/mol. The molecule has 2 aromatic rings. The van der Waals surface area contributed by atoms with Gasteiger partial charge in [-0.25, -0.2) is 18.2 Å².